The van der Waals surface area contributed by atoms with Crippen molar-refractivity contribution >= 4 is 17.7 Å². The fraction of sp³-hybridized carbons (Fsp3) is 0.933. The van der Waals surface area contributed by atoms with E-state index in [4.69, 9.17) is 4.99 Å². The van der Waals surface area contributed by atoms with E-state index in [1.54, 1.807) is 0 Å². The molecule has 1 heterocycles. The van der Waals surface area contributed by atoms with Crippen molar-refractivity contribution in [3.8, 4) is 0 Å². The Balaban J connectivity index is 1.47. The first-order valence-corrected chi connectivity index (χ1v) is 9.01. The number of nitrogens with zero attached hydrogens (tertiary/aromatic N) is 1. The van der Waals surface area contributed by atoms with Crippen molar-refractivity contribution in [2.75, 3.05) is 25.4 Å². The van der Waals surface area contributed by atoms with Crippen LogP contribution in [0.2, 0.25) is 0 Å². The van der Waals surface area contributed by atoms with E-state index in [2.05, 4.69) is 29.3 Å². The standard InChI is InChI=1S/C15H27N3S/c1-2-16-14(17-10-13-4-3-9-19-13)18-11-15(7-8-15)12-5-6-12/h12-13H,2-11H2,1H3,(H2,16,17,18). The Morgan fingerprint density at radius 3 is 2.68 bits per heavy atom. The topological polar surface area (TPSA) is 36.4 Å². The lowest BCUT2D eigenvalue weighted by molar-refractivity contribution is 0.452. The normalized spacial score (nSPS) is 29.3. The molecule has 108 valence electrons. The van der Waals surface area contributed by atoms with Crippen molar-refractivity contribution in [3.05, 3.63) is 0 Å². The van der Waals surface area contributed by atoms with Crippen LogP contribution < -0.4 is 10.6 Å². The Kier molecular flexibility index (Phi) is 4.25. The molecule has 3 rings (SSSR count). The minimum absolute atomic E-state index is 0.616. The molecule has 0 radical (unpaired) electrons. The summed E-state index contributed by atoms with van der Waals surface area (Å²) in [6, 6.07) is 0. The number of thioether (sulfide) groups is 1. The van der Waals surface area contributed by atoms with Gasteiger partial charge in [-0.1, -0.05) is 0 Å². The molecule has 19 heavy (non-hydrogen) atoms. The molecular weight excluding hydrogens is 254 g/mol. The highest BCUT2D eigenvalue weighted by Crippen LogP contribution is 2.61. The lowest BCUT2D eigenvalue weighted by Gasteiger charge is -2.16. The molecule has 0 amide bonds. The molecule has 4 heteroatoms. The van der Waals surface area contributed by atoms with E-state index in [1.807, 2.05) is 0 Å². The molecule has 1 aliphatic heterocycles. The van der Waals surface area contributed by atoms with Gasteiger partial charge in [-0.25, -0.2) is 0 Å². The average molecular weight is 281 g/mol. The zero-order valence-electron chi connectivity index (χ0n) is 12.1. The zero-order chi connectivity index (χ0) is 13.1. The van der Waals surface area contributed by atoms with Crippen LogP contribution in [0, 0.1) is 11.3 Å². The van der Waals surface area contributed by atoms with Crippen LogP contribution in [0.3, 0.4) is 0 Å². The minimum atomic E-state index is 0.616. The van der Waals surface area contributed by atoms with Crippen molar-refractivity contribution in [2.24, 2.45) is 16.3 Å². The van der Waals surface area contributed by atoms with Crippen molar-refractivity contribution in [1.29, 1.82) is 0 Å². The largest absolute Gasteiger partial charge is 0.357 e. The van der Waals surface area contributed by atoms with Crippen LogP contribution in [0.1, 0.15) is 45.4 Å². The second kappa shape index (κ2) is 5.94. The molecule has 2 N–H and O–H groups in total. The predicted octanol–water partition coefficient (Wildman–Crippen LogP) is 2.63. The highest BCUT2D eigenvalue weighted by molar-refractivity contribution is 8.00. The minimum Gasteiger partial charge on any atom is -0.357 e. The third-order valence-corrected chi connectivity index (χ3v) is 6.15. The second-order valence-corrected chi connectivity index (χ2v) is 7.76. The molecule has 0 aromatic carbocycles. The molecule has 3 fully saturated rings. The number of rotatable bonds is 6. The van der Waals surface area contributed by atoms with Crippen LogP contribution in [-0.2, 0) is 0 Å². The van der Waals surface area contributed by atoms with E-state index < -0.39 is 0 Å². The van der Waals surface area contributed by atoms with Crippen LogP contribution in [-0.4, -0.2) is 36.6 Å². The Morgan fingerprint density at radius 2 is 2.11 bits per heavy atom. The number of hydrogen-bond donors (Lipinski definition) is 2. The SMILES string of the molecule is CCNC(=NCC1(C2CC2)CC1)NCC1CCCS1. The average Bonchev–Trinajstić information content (AvgIpc) is 3.32. The first-order valence-electron chi connectivity index (χ1n) is 7.96. The van der Waals surface area contributed by atoms with Gasteiger partial charge in [0.25, 0.3) is 0 Å². The molecule has 0 spiro atoms. The van der Waals surface area contributed by atoms with E-state index in [1.165, 1.54) is 44.3 Å². The molecule has 3 aliphatic rings. The molecule has 3 nitrogen and oxygen atoms in total. The van der Waals surface area contributed by atoms with Crippen LogP contribution in [0.5, 0.6) is 0 Å². The van der Waals surface area contributed by atoms with Crippen LogP contribution in [0.4, 0.5) is 0 Å². The molecular formula is C15H27N3S. The first kappa shape index (κ1) is 13.6. The molecule has 1 atom stereocenters. The van der Waals surface area contributed by atoms with Crippen molar-refractivity contribution in [1.82, 2.24) is 10.6 Å². The molecule has 1 unspecified atom stereocenters. The third-order valence-electron chi connectivity index (χ3n) is 4.75. The van der Waals surface area contributed by atoms with Crippen LogP contribution in [0.25, 0.3) is 0 Å². The van der Waals surface area contributed by atoms with Gasteiger partial charge >= 0.3 is 0 Å². The first-order chi connectivity index (χ1) is 9.32. The van der Waals surface area contributed by atoms with Crippen molar-refractivity contribution < 1.29 is 0 Å². The molecule has 0 bridgehead atoms. The third kappa shape index (κ3) is 3.59. The summed E-state index contributed by atoms with van der Waals surface area (Å²) in [5, 5.41) is 7.73. The van der Waals surface area contributed by atoms with Gasteiger partial charge < -0.3 is 10.6 Å². The molecule has 0 aromatic rings. The van der Waals surface area contributed by atoms with Gasteiger partial charge in [0.15, 0.2) is 5.96 Å². The van der Waals surface area contributed by atoms with Crippen LogP contribution in [0.15, 0.2) is 4.99 Å². The Labute approximate surface area is 121 Å². The number of aliphatic imine (C=N–C) groups is 1. The summed E-state index contributed by atoms with van der Waals surface area (Å²) >= 11 is 2.11. The number of nitrogens with one attached hydrogen (secondary N) is 2. The van der Waals surface area contributed by atoms with Gasteiger partial charge in [-0.05, 0) is 62.5 Å². The summed E-state index contributed by atoms with van der Waals surface area (Å²) in [6.45, 7) is 5.23. The molecule has 1 saturated heterocycles. The van der Waals surface area contributed by atoms with E-state index in [0.717, 1.165) is 36.8 Å². The summed E-state index contributed by atoms with van der Waals surface area (Å²) in [5.41, 5.74) is 0.616. The zero-order valence-corrected chi connectivity index (χ0v) is 12.9. The maximum atomic E-state index is 4.86. The number of hydrogen-bond acceptors (Lipinski definition) is 2. The Hall–Kier alpha value is -0.380. The maximum Gasteiger partial charge on any atom is 0.191 e. The van der Waals surface area contributed by atoms with Crippen molar-refractivity contribution in [2.45, 2.75) is 50.7 Å². The lowest BCUT2D eigenvalue weighted by Crippen LogP contribution is -2.40. The van der Waals surface area contributed by atoms with Gasteiger partial charge in [-0.2, -0.15) is 11.8 Å². The highest BCUT2D eigenvalue weighted by Gasteiger charge is 2.53. The maximum absolute atomic E-state index is 4.86. The smallest absolute Gasteiger partial charge is 0.191 e. The van der Waals surface area contributed by atoms with Gasteiger partial charge in [0.1, 0.15) is 0 Å². The lowest BCUT2D eigenvalue weighted by atomic mass is 10.0. The van der Waals surface area contributed by atoms with E-state index in [9.17, 15) is 0 Å². The Morgan fingerprint density at radius 1 is 1.26 bits per heavy atom. The fourth-order valence-electron chi connectivity index (χ4n) is 3.15. The van der Waals surface area contributed by atoms with Crippen LogP contribution >= 0.6 is 11.8 Å². The summed E-state index contributed by atoms with van der Waals surface area (Å²) in [7, 11) is 0. The summed E-state index contributed by atoms with van der Waals surface area (Å²) < 4.78 is 0. The van der Waals surface area contributed by atoms with Crippen molar-refractivity contribution in [3.63, 3.8) is 0 Å². The van der Waals surface area contributed by atoms with E-state index in [-0.39, 0.29) is 0 Å². The van der Waals surface area contributed by atoms with E-state index in [0.29, 0.717) is 5.41 Å². The number of guanidine groups is 1. The monoisotopic (exact) mass is 281 g/mol. The summed E-state index contributed by atoms with van der Waals surface area (Å²) in [5.74, 6) is 3.39. The highest BCUT2D eigenvalue weighted by atomic mass is 32.2. The van der Waals surface area contributed by atoms with Gasteiger partial charge in [0.2, 0.25) is 0 Å². The van der Waals surface area contributed by atoms with Gasteiger partial charge in [-0.15, -0.1) is 0 Å². The second-order valence-electron chi connectivity index (χ2n) is 6.35. The van der Waals surface area contributed by atoms with E-state index >= 15 is 0 Å². The summed E-state index contributed by atoms with van der Waals surface area (Å²) in [4.78, 5) is 4.86. The molecule has 2 aliphatic carbocycles. The summed E-state index contributed by atoms with van der Waals surface area (Å²) in [6.07, 6.45) is 8.49. The van der Waals surface area contributed by atoms with Gasteiger partial charge in [0, 0.05) is 24.9 Å². The van der Waals surface area contributed by atoms with Gasteiger partial charge in [0.05, 0.1) is 0 Å². The fourth-order valence-corrected chi connectivity index (χ4v) is 4.35. The Bertz CT molecular complexity index is 328. The molecule has 2 saturated carbocycles. The predicted molar refractivity (Wildman–Crippen MR) is 83.9 cm³/mol. The quantitative estimate of drug-likeness (QED) is 0.580. The van der Waals surface area contributed by atoms with Gasteiger partial charge in [-0.3, -0.25) is 4.99 Å². The molecule has 0 aromatic heterocycles.